The maximum Gasteiger partial charge on any atom is 0.255 e. The molecule has 304 valence electrons. The molecule has 0 radical (unpaired) electrons. The number of aromatic hydroxyl groups is 1. The van der Waals surface area contributed by atoms with Gasteiger partial charge in [-0.1, -0.05) is 48.5 Å². The Kier molecular flexibility index (Phi) is 8.87. The second kappa shape index (κ2) is 14.2. The first kappa shape index (κ1) is 36.8. The van der Waals surface area contributed by atoms with E-state index >= 15 is 0 Å². The van der Waals surface area contributed by atoms with Crippen LogP contribution in [0.25, 0.3) is 0 Å². The van der Waals surface area contributed by atoms with Crippen LogP contribution in [0.5, 0.6) is 11.5 Å². The highest BCUT2D eigenvalue weighted by molar-refractivity contribution is 6.05. The highest BCUT2D eigenvalue weighted by atomic mass is 16.5. The summed E-state index contributed by atoms with van der Waals surface area (Å²) < 4.78 is 6.43. The van der Waals surface area contributed by atoms with Gasteiger partial charge in [0, 0.05) is 60.3 Å². The van der Waals surface area contributed by atoms with Crippen LogP contribution in [0, 0.1) is 11.3 Å². The Hall–Kier alpha value is -5.22. The fourth-order valence-electron chi connectivity index (χ4n) is 12.4. The van der Waals surface area contributed by atoms with Crippen LogP contribution in [-0.2, 0) is 28.0 Å². The molecule has 3 atom stereocenters. The molecule has 1 aromatic heterocycles. The lowest BCUT2D eigenvalue weighted by molar-refractivity contribution is -0.136. The van der Waals surface area contributed by atoms with Crippen molar-refractivity contribution >= 4 is 23.5 Å². The van der Waals surface area contributed by atoms with E-state index in [0.717, 1.165) is 74.9 Å². The van der Waals surface area contributed by atoms with Crippen molar-refractivity contribution in [2.24, 2.45) is 11.3 Å². The van der Waals surface area contributed by atoms with Gasteiger partial charge >= 0.3 is 0 Å². The average Bonchev–Trinajstić information content (AvgIpc) is 3.78. The third-order valence-electron chi connectivity index (χ3n) is 15.6. The Morgan fingerprint density at radius 3 is 2.42 bits per heavy atom. The summed E-state index contributed by atoms with van der Waals surface area (Å²) in [4.78, 5) is 49.6. The number of pyridine rings is 1. The van der Waals surface area contributed by atoms with Crippen LogP contribution in [0.2, 0.25) is 0 Å². The first-order valence-corrected chi connectivity index (χ1v) is 22.0. The summed E-state index contributed by atoms with van der Waals surface area (Å²) in [6.45, 7) is 6.41. The molecule has 2 spiro atoms. The van der Waals surface area contributed by atoms with Gasteiger partial charge in [-0.25, -0.2) is 4.98 Å². The normalized spacial score (nSPS) is 26.0. The molecule has 10 heteroatoms. The molecule has 11 rings (SSSR count). The van der Waals surface area contributed by atoms with Crippen molar-refractivity contribution in [2.45, 2.75) is 94.0 Å². The molecule has 2 N–H and O–H groups in total. The molecule has 5 aliphatic heterocycles. The SMILES string of the molecule is O=C1CCC(N2Cc3c(ccc4c3OCC43CCN(CC4CC5(CCN(c6ccc([C@@H]7c8ccc(O)cc8CC[C@@H]7c7ccccc7)cn6)CC5)C4)CC3)C2=O)C(=O)N1. The molecule has 2 aliphatic carbocycles. The summed E-state index contributed by atoms with van der Waals surface area (Å²) in [6.07, 6.45) is 11.9. The highest BCUT2D eigenvalue weighted by Gasteiger charge is 2.50. The number of phenolic OH excluding ortho intramolecular Hbond substituents is 1. The number of rotatable bonds is 6. The van der Waals surface area contributed by atoms with Gasteiger partial charge in [0.05, 0.1) is 13.2 Å². The molecule has 0 bridgehead atoms. The molecular weight excluding hydrogens is 739 g/mol. The fourth-order valence-corrected chi connectivity index (χ4v) is 12.4. The van der Waals surface area contributed by atoms with Crippen molar-refractivity contribution in [2.75, 3.05) is 44.2 Å². The number of aromatic nitrogens is 1. The number of ether oxygens (including phenoxy) is 1. The zero-order valence-corrected chi connectivity index (χ0v) is 33.7. The number of piperidine rings is 3. The molecule has 3 amide bonds. The van der Waals surface area contributed by atoms with E-state index in [4.69, 9.17) is 9.72 Å². The molecule has 3 saturated heterocycles. The predicted octanol–water partition coefficient (Wildman–Crippen LogP) is 6.83. The maximum atomic E-state index is 13.4. The lowest BCUT2D eigenvalue weighted by atomic mass is 9.57. The summed E-state index contributed by atoms with van der Waals surface area (Å²) in [5, 5.41) is 12.6. The Morgan fingerprint density at radius 1 is 0.847 bits per heavy atom. The number of nitrogens with one attached hydrogen (secondary N) is 1. The minimum absolute atomic E-state index is 0.0274. The molecule has 10 nitrogen and oxygen atoms in total. The largest absolute Gasteiger partial charge is 0.508 e. The lowest BCUT2D eigenvalue weighted by Gasteiger charge is -2.54. The number of phenols is 1. The zero-order valence-electron chi connectivity index (χ0n) is 33.7. The second-order valence-electron chi connectivity index (χ2n) is 18.9. The van der Waals surface area contributed by atoms with E-state index in [1.807, 2.05) is 18.2 Å². The van der Waals surface area contributed by atoms with Gasteiger partial charge in [-0.05, 0) is 135 Å². The number of carbonyl (C=O) groups is 3. The van der Waals surface area contributed by atoms with Gasteiger partial charge in [0.15, 0.2) is 0 Å². The second-order valence-corrected chi connectivity index (χ2v) is 18.9. The predicted molar refractivity (Wildman–Crippen MR) is 224 cm³/mol. The number of amides is 3. The van der Waals surface area contributed by atoms with E-state index in [0.29, 0.717) is 42.2 Å². The minimum Gasteiger partial charge on any atom is -0.508 e. The molecule has 1 saturated carbocycles. The Labute approximate surface area is 345 Å². The van der Waals surface area contributed by atoms with Gasteiger partial charge in [-0.15, -0.1) is 0 Å². The number of carbonyl (C=O) groups excluding carboxylic acids is 3. The fraction of sp³-hybridized carbons (Fsp3) is 0.469. The maximum absolute atomic E-state index is 13.4. The van der Waals surface area contributed by atoms with E-state index in [1.165, 1.54) is 60.0 Å². The number of benzene rings is 3. The van der Waals surface area contributed by atoms with Crippen molar-refractivity contribution in [3.05, 3.63) is 118 Å². The van der Waals surface area contributed by atoms with Gasteiger partial charge < -0.3 is 24.5 Å². The molecular formula is C49H53N5O5. The topological polar surface area (TPSA) is 115 Å². The highest BCUT2D eigenvalue weighted by Crippen LogP contribution is 2.55. The number of hydrogen-bond donors (Lipinski definition) is 2. The number of aryl methyl sites for hydroxylation is 1. The third-order valence-corrected chi connectivity index (χ3v) is 15.6. The average molecular weight is 792 g/mol. The third kappa shape index (κ3) is 6.32. The minimum atomic E-state index is -0.618. The summed E-state index contributed by atoms with van der Waals surface area (Å²) in [5.74, 6) is 2.82. The van der Waals surface area contributed by atoms with E-state index in [1.54, 1.807) is 4.90 Å². The first-order chi connectivity index (χ1) is 28.7. The Morgan fingerprint density at radius 2 is 1.66 bits per heavy atom. The van der Waals surface area contributed by atoms with Crippen LogP contribution in [0.3, 0.4) is 0 Å². The van der Waals surface area contributed by atoms with Crippen LogP contribution in [0.15, 0.2) is 79.0 Å². The quantitative estimate of drug-likeness (QED) is 0.204. The monoisotopic (exact) mass is 791 g/mol. The van der Waals surface area contributed by atoms with Crippen molar-refractivity contribution in [3.63, 3.8) is 0 Å². The lowest BCUT2D eigenvalue weighted by Crippen LogP contribution is -2.52. The van der Waals surface area contributed by atoms with Gasteiger partial charge in [0.25, 0.3) is 5.91 Å². The standard InChI is InChI=1S/C49H53N5O5/c55-35-8-10-37-33(24-35)6-9-36(32-4-2-1-3-5-32)44(37)34-7-14-42(50-27-34)53-22-16-48(17-23-53)25-31(26-48)28-52-20-18-49(19-21-52)30-59-45-39-29-54(41-13-15-43(56)51-46(41)57)47(58)38(39)11-12-40(45)49/h1-5,7-8,10-12,14,24,27,31,36,41,44,55H,6,9,13,15-23,25-26,28-30H2,(H,51,56,57)/t36-,41?,44+/m1/s1. The van der Waals surface area contributed by atoms with E-state index in [2.05, 4.69) is 75.9 Å². The molecule has 59 heavy (non-hydrogen) atoms. The molecule has 4 fully saturated rings. The molecule has 1 unspecified atom stereocenters. The van der Waals surface area contributed by atoms with Gasteiger partial charge in [-0.2, -0.15) is 0 Å². The zero-order chi connectivity index (χ0) is 39.9. The number of imide groups is 1. The Bertz CT molecular complexity index is 2300. The first-order valence-electron chi connectivity index (χ1n) is 22.0. The van der Waals surface area contributed by atoms with E-state index in [9.17, 15) is 19.5 Å². The molecule has 6 heterocycles. The molecule has 4 aromatic rings. The van der Waals surface area contributed by atoms with E-state index < -0.39 is 6.04 Å². The van der Waals surface area contributed by atoms with Crippen LogP contribution < -0.4 is 15.0 Å². The number of nitrogens with zero attached hydrogens (tertiary/aromatic N) is 4. The van der Waals surface area contributed by atoms with E-state index in [-0.39, 0.29) is 35.5 Å². The van der Waals surface area contributed by atoms with Crippen LogP contribution in [-0.4, -0.2) is 83.0 Å². The van der Waals surface area contributed by atoms with Crippen molar-refractivity contribution in [3.8, 4) is 11.5 Å². The number of hydrogen-bond acceptors (Lipinski definition) is 8. The van der Waals surface area contributed by atoms with Gasteiger partial charge in [-0.3, -0.25) is 19.7 Å². The van der Waals surface area contributed by atoms with Gasteiger partial charge in [0.2, 0.25) is 11.8 Å². The Balaban J connectivity index is 0.685. The van der Waals surface area contributed by atoms with Crippen LogP contribution in [0.4, 0.5) is 5.82 Å². The van der Waals surface area contributed by atoms with Crippen LogP contribution >= 0.6 is 0 Å². The smallest absolute Gasteiger partial charge is 0.255 e. The molecule has 3 aromatic carbocycles. The van der Waals surface area contributed by atoms with Gasteiger partial charge in [0.1, 0.15) is 23.4 Å². The van der Waals surface area contributed by atoms with Crippen molar-refractivity contribution in [1.82, 2.24) is 20.1 Å². The number of anilines is 1. The van der Waals surface area contributed by atoms with Crippen molar-refractivity contribution < 1.29 is 24.2 Å². The molecule has 7 aliphatic rings. The number of fused-ring (bicyclic) bond motifs is 5. The van der Waals surface area contributed by atoms with Crippen LogP contribution in [0.1, 0.15) is 113 Å². The summed E-state index contributed by atoms with van der Waals surface area (Å²) >= 11 is 0. The number of likely N-dealkylation sites (tertiary alicyclic amines) is 1. The summed E-state index contributed by atoms with van der Waals surface area (Å²) in [5.41, 5.74) is 8.36. The summed E-state index contributed by atoms with van der Waals surface area (Å²) in [6, 6.07) is 24.8. The summed E-state index contributed by atoms with van der Waals surface area (Å²) in [7, 11) is 0. The van der Waals surface area contributed by atoms with Crippen molar-refractivity contribution in [1.29, 1.82) is 0 Å².